The molecule has 2 atom stereocenters. The Balaban J connectivity index is 1.65. The molecule has 1 heterocycles. The molecule has 2 unspecified atom stereocenters. The van der Waals surface area contributed by atoms with Gasteiger partial charge in [0.1, 0.15) is 0 Å². The maximum Gasteiger partial charge on any atom is 0.0692 e. The summed E-state index contributed by atoms with van der Waals surface area (Å²) in [5, 5.41) is 14.6. The summed E-state index contributed by atoms with van der Waals surface area (Å²) in [4.78, 5) is 1.35. The monoisotopic (exact) mass is 261 g/mol. The number of fused-ring (bicyclic) bond motifs is 1. The van der Waals surface area contributed by atoms with Crippen molar-refractivity contribution in [2.75, 3.05) is 6.54 Å². The van der Waals surface area contributed by atoms with Crippen LogP contribution in [0.5, 0.6) is 0 Å². The van der Waals surface area contributed by atoms with E-state index >= 15 is 0 Å². The molecule has 3 rings (SSSR count). The van der Waals surface area contributed by atoms with Gasteiger partial charge in [0, 0.05) is 22.2 Å². The first kappa shape index (κ1) is 12.2. The number of aliphatic hydroxyl groups excluding tert-OH is 1. The van der Waals surface area contributed by atoms with E-state index in [9.17, 15) is 5.11 Å². The van der Waals surface area contributed by atoms with E-state index in [-0.39, 0.29) is 6.10 Å². The summed E-state index contributed by atoms with van der Waals surface area (Å²) < 4.78 is 1.34. The van der Waals surface area contributed by atoms with Crippen molar-refractivity contribution in [2.45, 2.75) is 31.9 Å². The Bertz CT molecular complexity index is 499. The van der Waals surface area contributed by atoms with Crippen LogP contribution in [0.3, 0.4) is 0 Å². The normalized spacial score (nSPS) is 19.0. The third-order valence-corrected chi connectivity index (χ3v) is 4.97. The van der Waals surface area contributed by atoms with Crippen molar-refractivity contribution in [3.05, 3.63) is 35.2 Å². The molecule has 0 radical (unpaired) electrons. The van der Waals surface area contributed by atoms with Gasteiger partial charge < -0.3 is 10.4 Å². The SMILES string of the molecule is CC(NCC(O)C1CC1)c1cc2ccccc2s1. The van der Waals surface area contributed by atoms with E-state index in [1.807, 2.05) is 11.3 Å². The molecular formula is C15H19NOS. The molecule has 18 heavy (non-hydrogen) atoms. The zero-order valence-electron chi connectivity index (χ0n) is 10.6. The van der Waals surface area contributed by atoms with Gasteiger partial charge in [-0.2, -0.15) is 0 Å². The summed E-state index contributed by atoms with van der Waals surface area (Å²) in [7, 11) is 0. The van der Waals surface area contributed by atoms with E-state index < -0.39 is 0 Å². The van der Waals surface area contributed by atoms with Gasteiger partial charge in [-0.25, -0.2) is 0 Å². The molecule has 1 aromatic carbocycles. The Labute approximate surface area is 112 Å². The molecule has 0 bridgehead atoms. The maximum atomic E-state index is 9.87. The van der Waals surface area contributed by atoms with Crippen molar-refractivity contribution in [2.24, 2.45) is 5.92 Å². The number of rotatable bonds is 5. The average molecular weight is 261 g/mol. The molecule has 1 aliphatic rings. The average Bonchev–Trinajstić information content (AvgIpc) is 3.14. The van der Waals surface area contributed by atoms with Gasteiger partial charge in [0.15, 0.2) is 0 Å². The summed E-state index contributed by atoms with van der Waals surface area (Å²) in [6.45, 7) is 2.88. The summed E-state index contributed by atoms with van der Waals surface area (Å²) in [6, 6.07) is 11.0. The van der Waals surface area contributed by atoms with E-state index in [1.165, 1.54) is 27.8 Å². The summed E-state index contributed by atoms with van der Waals surface area (Å²) in [6.07, 6.45) is 2.22. The lowest BCUT2D eigenvalue weighted by atomic mass is 10.2. The molecule has 2 aromatic rings. The van der Waals surface area contributed by atoms with Crippen molar-refractivity contribution < 1.29 is 5.11 Å². The Morgan fingerprint density at radius 2 is 2.17 bits per heavy atom. The predicted molar refractivity (Wildman–Crippen MR) is 77.0 cm³/mol. The van der Waals surface area contributed by atoms with Crippen LogP contribution in [-0.4, -0.2) is 17.8 Å². The van der Waals surface area contributed by atoms with Gasteiger partial charge in [-0.1, -0.05) is 18.2 Å². The van der Waals surface area contributed by atoms with E-state index in [1.54, 1.807) is 0 Å². The standard InChI is InChI=1S/C15H19NOS/c1-10(16-9-13(17)11-6-7-11)15-8-12-4-2-3-5-14(12)18-15/h2-5,8,10-11,13,16-17H,6-7,9H2,1H3. The molecule has 1 aliphatic carbocycles. The van der Waals surface area contributed by atoms with Gasteiger partial charge in [0.25, 0.3) is 0 Å². The van der Waals surface area contributed by atoms with E-state index in [0.717, 1.165) is 0 Å². The highest BCUT2D eigenvalue weighted by Crippen LogP contribution is 2.33. The number of hydrogen-bond donors (Lipinski definition) is 2. The molecule has 1 fully saturated rings. The van der Waals surface area contributed by atoms with E-state index in [4.69, 9.17) is 0 Å². The Morgan fingerprint density at radius 1 is 1.39 bits per heavy atom. The van der Waals surface area contributed by atoms with Crippen molar-refractivity contribution in [3.63, 3.8) is 0 Å². The largest absolute Gasteiger partial charge is 0.392 e. The highest BCUT2D eigenvalue weighted by atomic mass is 32.1. The second-order valence-corrected chi connectivity index (χ2v) is 6.34. The molecule has 1 aromatic heterocycles. The van der Waals surface area contributed by atoms with Crippen LogP contribution in [0.1, 0.15) is 30.7 Å². The topological polar surface area (TPSA) is 32.3 Å². The van der Waals surface area contributed by atoms with Crippen molar-refractivity contribution in [1.82, 2.24) is 5.32 Å². The number of aliphatic hydroxyl groups is 1. The first-order valence-corrected chi connectivity index (χ1v) is 7.45. The third-order valence-electron chi connectivity index (χ3n) is 3.67. The Kier molecular flexibility index (Phi) is 3.37. The minimum absolute atomic E-state index is 0.165. The predicted octanol–water partition coefficient (Wildman–Crippen LogP) is 3.32. The number of nitrogens with one attached hydrogen (secondary N) is 1. The van der Waals surface area contributed by atoms with Crippen LogP contribution < -0.4 is 5.32 Å². The molecular weight excluding hydrogens is 242 g/mol. The molecule has 0 saturated heterocycles. The minimum Gasteiger partial charge on any atom is -0.392 e. The fraction of sp³-hybridized carbons (Fsp3) is 0.467. The summed E-state index contributed by atoms with van der Waals surface area (Å²) in [5.74, 6) is 0.548. The second-order valence-electron chi connectivity index (χ2n) is 5.22. The van der Waals surface area contributed by atoms with Crippen LogP contribution in [0.4, 0.5) is 0 Å². The molecule has 0 aliphatic heterocycles. The molecule has 96 valence electrons. The molecule has 0 amide bonds. The highest BCUT2D eigenvalue weighted by molar-refractivity contribution is 7.19. The Morgan fingerprint density at radius 3 is 2.89 bits per heavy atom. The quantitative estimate of drug-likeness (QED) is 0.865. The molecule has 1 saturated carbocycles. The van der Waals surface area contributed by atoms with Crippen molar-refractivity contribution in [3.8, 4) is 0 Å². The van der Waals surface area contributed by atoms with Gasteiger partial charge in [-0.15, -0.1) is 11.3 Å². The molecule has 2 nitrogen and oxygen atoms in total. The summed E-state index contributed by atoms with van der Waals surface area (Å²) in [5.41, 5.74) is 0. The van der Waals surface area contributed by atoms with Gasteiger partial charge in [0.2, 0.25) is 0 Å². The lowest BCUT2D eigenvalue weighted by Crippen LogP contribution is -2.29. The van der Waals surface area contributed by atoms with Gasteiger partial charge in [-0.3, -0.25) is 0 Å². The van der Waals surface area contributed by atoms with Crippen LogP contribution in [0.15, 0.2) is 30.3 Å². The van der Waals surface area contributed by atoms with Gasteiger partial charge in [0.05, 0.1) is 6.10 Å². The van der Waals surface area contributed by atoms with E-state index in [0.29, 0.717) is 18.5 Å². The van der Waals surface area contributed by atoms with Crippen molar-refractivity contribution in [1.29, 1.82) is 0 Å². The van der Waals surface area contributed by atoms with Crippen molar-refractivity contribution >= 4 is 21.4 Å². The summed E-state index contributed by atoms with van der Waals surface area (Å²) >= 11 is 1.84. The first-order chi connectivity index (χ1) is 8.74. The highest BCUT2D eigenvalue weighted by Gasteiger charge is 2.29. The first-order valence-electron chi connectivity index (χ1n) is 6.64. The second kappa shape index (κ2) is 5.00. The molecule has 3 heteroatoms. The van der Waals surface area contributed by atoms with Crippen LogP contribution in [0.2, 0.25) is 0 Å². The number of hydrogen-bond acceptors (Lipinski definition) is 3. The van der Waals surface area contributed by atoms with Crippen LogP contribution in [-0.2, 0) is 0 Å². The lowest BCUT2D eigenvalue weighted by molar-refractivity contribution is 0.145. The molecule has 2 N–H and O–H groups in total. The van der Waals surface area contributed by atoms with Crippen LogP contribution in [0.25, 0.3) is 10.1 Å². The van der Waals surface area contributed by atoms with Gasteiger partial charge >= 0.3 is 0 Å². The van der Waals surface area contributed by atoms with Gasteiger partial charge in [-0.05, 0) is 43.2 Å². The third kappa shape index (κ3) is 2.58. The Hall–Kier alpha value is -0.900. The lowest BCUT2D eigenvalue weighted by Gasteiger charge is -2.15. The maximum absolute atomic E-state index is 9.87. The zero-order chi connectivity index (χ0) is 12.5. The van der Waals surface area contributed by atoms with Crippen LogP contribution >= 0.6 is 11.3 Å². The fourth-order valence-electron chi connectivity index (χ4n) is 2.26. The van der Waals surface area contributed by atoms with Crippen LogP contribution in [0, 0.1) is 5.92 Å². The number of thiophene rings is 1. The smallest absolute Gasteiger partial charge is 0.0692 e. The zero-order valence-corrected chi connectivity index (χ0v) is 11.4. The fourth-order valence-corrected chi connectivity index (χ4v) is 3.35. The minimum atomic E-state index is -0.165. The molecule has 0 spiro atoms. The van der Waals surface area contributed by atoms with E-state index in [2.05, 4.69) is 42.6 Å². The number of benzene rings is 1.